The van der Waals surface area contributed by atoms with Gasteiger partial charge in [-0.05, 0) is 34.5 Å². The van der Waals surface area contributed by atoms with Crippen LogP contribution < -0.4 is 4.72 Å². The smallest absolute Gasteiger partial charge is 0.250 e. The van der Waals surface area contributed by atoms with Crippen molar-refractivity contribution >= 4 is 37.3 Å². The first kappa shape index (κ1) is 14.5. The summed E-state index contributed by atoms with van der Waals surface area (Å²) < 4.78 is 33.6. The van der Waals surface area contributed by atoms with Gasteiger partial charge in [-0.15, -0.1) is 11.3 Å². The molecule has 7 heteroatoms. The topological polar surface area (TPSA) is 55.4 Å². The van der Waals surface area contributed by atoms with Crippen LogP contribution >= 0.6 is 27.3 Å². The maximum Gasteiger partial charge on any atom is 0.250 e. The van der Waals surface area contributed by atoms with Gasteiger partial charge in [-0.3, -0.25) is 0 Å². The Kier molecular flexibility index (Phi) is 3.91. The molecule has 2 unspecified atom stereocenters. The van der Waals surface area contributed by atoms with Crippen molar-refractivity contribution in [3.63, 3.8) is 0 Å². The molecule has 1 N–H and O–H groups in total. The average molecular weight is 354 g/mol. The summed E-state index contributed by atoms with van der Waals surface area (Å²) in [5.74, 6) is 0. The third-order valence-corrected chi connectivity index (χ3v) is 7.16. The molecule has 0 aromatic carbocycles. The van der Waals surface area contributed by atoms with E-state index >= 15 is 0 Å². The summed E-state index contributed by atoms with van der Waals surface area (Å²) in [4.78, 5) is 0. The molecule has 4 nitrogen and oxygen atoms in total. The van der Waals surface area contributed by atoms with Crippen LogP contribution in [0.15, 0.2) is 20.1 Å². The van der Waals surface area contributed by atoms with Crippen LogP contribution in [0.25, 0.3) is 0 Å². The van der Waals surface area contributed by atoms with Gasteiger partial charge in [0.05, 0.1) is 9.89 Å². The Morgan fingerprint density at radius 1 is 1.50 bits per heavy atom. The highest BCUT2D eigenvalue weighted by molar-refractivity contribution is 9.11. The molecule has 1 saturated carbocycles. The predicted molar refractivity (Wildman–Crippen MR) is 75.3 cm³/mol. The molecule has 0 spiro atoms. The van der Waals surface area contributed by atoms with Crippen LogP contribution in [0.5, 0.6) is 0 Å². The van der Waals surface area contributed by atoms with Crippen molar-refractivity contribution in [2.24, 2.45) is 5.41 Å². The van der Waals surface area contributed by atoms with Crippen LogP contribution in [-0.4, -0.2) is 27.7 Å². The molecule has 1 aliphatic rings. The normalized spacial score (nSPS) is 26.9. The Labute approximate surface area is 120 Å². The lowest BCUT2D eigenvalue weighted by Crippen LogP contribution is -2.61. The first-order valence-corrected chi connectivity index (χ1v) is 8.67. The quantitative estimate of drug-likeness (QED) is 0.904. The van der Waals surface area contributed by atoms with E-state index in [1.165, 1.54) is 11.3 Å². The zero-order valence-electron chi connectivity index (χ0n) is 10.4. The van der Waals surface area contributed by atoms with E-state index in [0.717, 1.165) is 10.2 Å². The minimum absolute atomic E-state index is 0.0756. The van der Waals surface area contributed by atoms with E-state index in [4.69, 9.17) is 4.74 Å². The van der Waals surface area contributed by atoms with Gasteiger partial charge < -0.3 is 4.74 Å². The Morgan fingerprint density at radius 3 is 2.61 bits per heavy atom. The van der Waals surface area contributed by atoms with Crippen molar-refractivity contribution in [2.45, 2.75) is 36.6 Å². The maximum absolute atomic E-state index is 12.2. The Bertz CT molecular complexity index is 538. The molecule has 102 valence electrons. The van der Waals surface area contributed by atoms with Gasteiger partial charge in [-0.25, -0.2) is 13.1 Å². The molecule has 0 radical (unpaired) electrons. The third kappa shape index (κ3) is 2.51. The molecule has 2 atom stereocenters. The summed E-state index contributed by atoms with van der Waals surface area (Å²) in [5.41, 5.74) is -0.170. The number of nitrogens with one attached hydrogen (secondary N) is 1. The average Bonchev–Trinajstić information content (AvgIpc) is 2.71. The van der Waals surface area contributed by atoms with E-state index < -0.39 is 10.0 Å². The summed E-state index contributed by atoms with van der Waals surface area (Å²) in [6, 6.07) is 3.27. The van der Waals surface area contributed by atoms with E-state index in [9.17, 15) is 8.42 Å². The molecule has 0 saturated heterocycles. The fraction of sp³-hybridized carbons (Fsp3) is 0.636. The highest BCUT2D eigenvalue weighted by Gasteiger charge is 2.50. The maximum atomic E-state index is 12.2. The van der Waals surface area contributed by atoms with Gasteiger partial charge in [0.1, 0.15) is 4.21 Å². The second-order valence-electron chi connectivity index (χ2n) is 5.01. The van der Waals surface area contributed by atoms with Crippen molar-refractivity contribution < 1.29 is 13.2 Å². The molecule has 1 aliphatic carbocycles. The van der Waals surface area contributed by atoms with Gasteiger partial charge in [0.15, 0.2) is 0 Å². The highest BCUT2D eigenvalue weighted by atomic mass is 79.9. The van der Waals surface area contributed by atoms with Gasteiger partial charge in [-0.2, -0.15) is 0 Å². The molecule has 0 aliphatic heterocycles. The second-order valence-corrected chi connectivity index (χ2v) is 9.42. The minimum atomic E-state index is -3.42. The van der Waals surface area contributed by atoms with E-state index in [0.29, 0.717) is 4.21 Å². The van der Waals surface area contributed by atoms with Crippen molar-refractivity contribution in [3.05, 3.63) is 15.9 Å². The Morgan fingerprint density at radius 2 is 2.17 bits per heavy atom. The molecule has 1 fully saturated rings. The molecule has 0 amide bonds. The first-order chi connectivity index (χ1) is 8.27. The summed E-state index contributed by atoms with van der Waals surface area (Å²) in [6.07, 6.45) is 0.829. The van der Waals surface area contributed by atoms with Crippen molar-refractivity contribution in [1.29, 1.82) is 0 Å². The molecule has 1 aromatic heterocycles. The molecule has 2 rings (SSSR count). The standard InChI is InChI=1S/C11H16BrNO3S2/c1-11(2)7(6-8(11)16-3)13-18(14,15)10-5-4-9(12)17-10/h4-5,7-8,13H,6H2,1-3H3. The second kappa shape index (κ2) is 4.86. The number of hydrogen-bond donors (Lipinski definition) is 1. The van der Waals surface area contributed by atoms with E-state index in [1.54, 1.807) is 19.2 Å². The fourth-order valence-corrected chi connectivity index (χ4v) is 5.60. The van der Waals surface area contributed by atoms with E-state index in [2.05, 4.69) is 20.7 Å². The van der Waals surface area contributed by atoms with Crippen molar-refractivity contribution in [3.8, 4) is 0 Å². The van der Waals surface area contributed by atoms with Crippen LogP contribution in [0.4, 0.5) is 0 Å². The SMILES string of the molecule is COC1CC(NS(=O)(=O)c2ccc(Br)s2)C1(C)C. The van der Waals surface area contributed by atoms with Gasteiger partial charge in [0.25, 0.3) is 0 Å². The van der Waals surface area contributed by atoms with Gasteiger partial charge in [-0.1, -0.05) is 13.8 Å². The van der Waals surface area contributed by atoms with Gasteiger partial charge in [0.2, 0.25) is 10.0 Å². The van der Waals surface area contributed by atoms with Gasteiger partial charge in [0, 0.05) is 18.6 Å². The fourth-order valence-electron chi connectivity index (χ4n) is 2.17. The summed E-state index contributed by atoms with van der Waals surface area (Å²) >= 11 is 4.48. The van der Waals surface area contributed by atoms with Crippen LogP contribution in [0.2, 0.25) is 0 Å². The van der Waals surface area contributed by atoms with Crippen LogP contribution in [0, 0.1) is 5.41 Å². The molecule has 0 bridgehead atoms. The highest BCUT2D eigenvalue weighted by Crippen LogP contribution is 2.43. The van der Waals surface area contributed by atoms with Crippen molar-refractivity contribution in [2.75, 3.05) is 7.11 Å². The summed E-state index contributed by atoms with van der Waals surface area (Å²) in [6.45, 7) is 4.03. The van der Waals surface area contributed by atoms with E-state index in [1.807, 2.05) is 13.8 Å². The molecular formula is C11H16BrNO3S2. The lowest BCUT2D eigenvalue weighted by atomic mass is 9.65. The van der Waals surface area contributed by atoms with Crippen LogP contribution in [-0.2, 0) is 14.8 Å². The summed E-state index contributed by atoms with van der Waals surface area (Å²) in [5, 5.41) is 0. The monoisotopic (exact) mass is 353 g/mol. The number of rotatable bonds is 4. The number of ether oxygens (including phenoxy) is 1. The number of thiophene rings is 1. The molecule has 1 heterocycles. The summed E-state index contributed by atoms with van der Waals surface area (Å²) in [7, 11) is -1.76. The van der Waals surface area contributed by atoms with Crippen LogP contribution in [0.1, 0.15) is 20.3 Å². The third-order valence-electron chi connectivity index (χ3n) is 3.57. The number of sulfonamides is 1. The van der Waals surface area contributed by atoms with Crippen LogP contribution in [0.3, 0.4) is 0 Å². The van der Waals surface area contributed by atoms with Gasteiger partial charge >= 0.3 is 0 Å². The largest absolute Gasteiger partial charge is 0.381 e. The number of halogens is 1. The zero-order valence-corrected chi connectivity index (χ0v) is 13.7. The Balaban J connectivity index is 2.11. The number of methoxy groups -OCH3 is 1. The first-order valence-electron chi connectivity index (χ1n) is 5.58. The minimum Gasteiger partial charge on any atom is -0.381 e. The lowest BCUT2D eigenvalue weighted by Gasteiger charge is -2.50. The number of hydrogen-bond acceptors (Lipinski definition) is 4. The molecule has 18 heavy (non-hydrogen) atoms. The zero-order chi connectivity index (χ0) is 13.6. The predicted octanol–water partition coefficient (Wildman–Crippen LogP) is 2.60. The van der Waals surface area contributed by atoms with E-state index in [-0.39, 0.29) is 17.6 Å². The van der Waals surface area contributed by atoms with Crippen molar-refractivity contribution in [1.82, 2.24) is 4.72 Å². The Hall–Kier alpha value is 0.0500. The molecule has 1 aromatic rings. The molecular weight excluding hydrogens is 338 g/mol. The lowest BCUT2D eigenvalue weighted by molar-refractivity contribution is -0.0908.